The van der Waals surface area contributed by atoms with Crippen LogP contribution in [0.2, 0.25) is 0 Å². The number of aromatic nitrogens is 2. The van der Waals surface area contributed by atoms with Crippen molar-refractivity contribution in [2.24, 2.45) is 0 Å². The second kappa shape index (κ2) is 4.95. The van der Waals surface area contributed by atoms with Crippen molar-refractivity contribution in [2.75, 3.05) is 25.6 Å². The van der Waals surface area contributed by atoms with Gasteiger partial charge in [0.1, 0.15) is 0 Å². The number of amides is 1. The standard InChI is InChI=1S/C11H18N4O3/c1-7-8(12)9(15-14-7)10(17)13-11(6-16)2-4-18-5-3-11/h16H,2-6,12H2,1H3,(H,13,17)(H,14,15). The molecule has 100 valence electrons. The van der Waals surface area contributed by atoms with E-state index in [2.05, 4.69) is 15.5 Å². The summed E-state index contributed by atoms with van der Waals surface area (Å²) in [5.74, 6) is -0.368. The maximum atomic E-state index is 12.1. The lowest BCUT2D eigenvalue weighted by Crippen LogP contribution is -2.54. The Morgan fingerprint density at radius 1 is 1.61 bits per heavy atom. The summed E-state index contributed by atoms with van der Waals surface area (Å²) in [5, 5.41) is 18.8. The van der Waals surface area contributed by atoms with Crippen LogP contribution in [0.1, 0.15) is 29.0 Å². The number of nitrogens with zero attached hydrogens (tertiary/aromatic N) is 1. The molecule has 0 saturated carbocycles. The van der Waals surface area contributed by atoms with Crippen molar-refractivity contribution in [3.63, 3.8) is 0 Å². The maximum absolute atomic E-state index is 12.1. The van der Waals surface area contributed by atoms with Gasteiger partial charge in [-0.1, -0.05) is 0 Å². The van der Waals surface area contributed by atoms with Gasteiger partial charge in [-0.05, 0) is 19.8 Å². The number of aromatic amines is 1. The molecule has 1 aliphatic rings. The first-order valence-corrected chi connectivity index (χ1v) is 5.89. The fourth-order valence-corrected chi connectivity index (χ4v) is 2.00. The minimum Gasteiger partial charge on any atom is -0.395 e. The molecule has 5 N–H and O–H groups in total. The molecule has 0 spiro atoms. The number of nitrogens with two attached hydrogens (primary N) is 1. The van der Waals surface area contributed by atoms with Gasteiger partial charge in [0.25, 0.3) is 5.91 Å². The average molecular weight is 254 g/mol. The lowest BCUT2D eigenvalue weighted by molar-refractivity contribution is 0.0124. The normalized spacial score (nSPS) is 18.6. The summed E-state index contributed by atoms with van der Waals surface area (Å²) in [6.45, 7) is 2.67. The first-order valence-electron chi connectivity index (χ1n) is 5.89. The summed E-state index contributed by atoms with van der Waals surface area (Å²) >= 11 is 0. The van der Waals surface area contributed by atoms with Crippen LogP contribution < -0.4 is 11.1 Å². The molecule has 1 amide bonds. The summed E-state index contributed by atoms with van der Waals surface area (Å²) in [6, 6.07) is 0. The molecular formula is C11H18N4O3. The fourth-order valence-electron chi connectivity index (χ4n) is 2.00. The van der Waals surface area contributed by atoms with E-state index in [4.69, 9.17) is 10.5 Å². The van der Waals surface area contributed by atoms with Crippen LogP contribution >= 0.6 is 0 Å². The fraction of sp³-hybridized carbons (Fsp3) is 0.636. The third-order valence-electron chi connectivity index (χ3n) is 3.34. The van der Waals surface area contributed by atoms with E-state index in [1.165, 1.54) is 0 Å². The first-order chi connectivity index (χ1) is 8.58. The molecule has 2 heterocycles. The molecule has 0 bridgehead atoms. The molecule has 0 unspecified atom stereocenters. The van der Waals surface area contributed by atoms with E-state index in [9.17, 15) is 9.90 Å². The molecule has 0 aliphatic carbocycles. The van der Waals surface area contributed by atoms with Crippen molar-refractivity contribution in [2.45, 2.75) is 25.3 Å². The number of H-pyrrole nitrogens is 1. The topological polar surface area (TPSA) is 113 Å². The van der Waals surface area contributed by atoms with Crippen molar-refractivity contribution >= 4 is 11.6 Å². The molecular weight excluding hydrogens is 236 g/mol. The number of carbonyl (C=O) groups excluding carboxylic acids is 1. The largest absolute Gasteiger partial charge is 0.395 e. The number of hydrogen-bond acceptors (Lipinski definition) is 5. The third-order valence-corrected chi connectivity index (χ3v) is 3.34. The maximum Gasteiger partial charge on any atom is 0.274 e. The highest BCUT2D eigenvalue weighted by Crippen LogP contribution is 2.21. The van der Waals surface area contributed by atoms with Gasteiger partial charge in [0.2, 0.25) is 0 Å². The van der Waals surface area contributed by atoms with Crippen LogP contribution in [0.3, 0.4) is 0 Å². The average Bonchev–Trinajstić information content (AvgIpc) is 2.71. The summed E-state index contributed by atoms with van der Waals surface area (Å²) in [4.78, 5) is 12.1. The van der Waals surface area contributed by atoms with Gasteiger partial charge in [0, 0.05) is 13.2 Å². The number of aryl methyl sites for hydroxylation is 1. The van der Waals surface area contributed by atoms with Crippen LogP contribution in [0.5, 0.6) is 0 Å². The highest BCUT2D eigenvalue weighted by molar-refractivity contribution is 5.98. The molecule has 1 fully saturated rings. The minimum absolute atomic E-state index is 0.120. The number of nitrogen functional groups attached to an aromatic ring is 1. The lowest BCUT2D eigenvalue weighted by Gasteiger charge is -2.36. The van der Waals surface area contributed by atoms with Crippen molar-refractivity contribution in [3.05, 3.63) is 11.4 Å². The number of ether oxygens (including phenoxy) is 1. The first kappa shape index (κ1) is 12.8. The zero-order valence-corrected chi connectivity index (χ0v) is 10.3. The Labute approximate surface area is 105 Å². The van der Waals surface area contributed by atoms with E-state index in [-0.39, 0.29) is 18.2 Å². The van der Waals surface area contributed by atoms with Crippen LogP contribution in [-0.2, 0) is 4.74 Å². The predicted octanol–water partition coefficient (Wildman–Crippen LogP) is -0.428. The van der Waals surface area contributed by atoms with E-state index < -0.39 is 5.54 Å². The lowest BCUT2D eigenvalue weighted by atomic mass is 9.91. The number of carbonyl (C=O) groups is 1. The van der Waals surface area contributed by atoms with E-state index in [1.54, 1.807) is 6.92 Å². The quantitative estimate of drug-likeness (QED) is 0.584. The molecule has 2 rings (SSSR count). The summed E-state index contributed by atoms with van der Waals surface area (Å²) in [7, 11) is 0. The van der Waals surface area contributed by atoms with Crippen LogP contribution in [0, 0.1) is 6.92 Å². The Balaban J connectivity index is 2.12. The van der Waals surface area contributed by atoms with Gasteiger partial charge >= 0.3 is 0 Å². The number of aliphatic hydroxyl groups is 1. The summed E-state index contributed by atoms with van der Waals surface area (Å²) < 4.78 is 5.23. The Morgan fingerprint density at radius 2 is 2.28 bits per heavy atom. The predicted molar refractivity (Wildman–Crippen MR) is 65.1 cm³/mol. The molecule has 1 aromatic rings. The molecule has 1 aromatic heterocycles. The number of hydrogen-bond donors (Lipinski definition) is 4. The Hall–Kier alpha value is -1.60. The second-order valence-corrected chi connectivity index (χ2v) is 4.62. The smallest absolute Gasteiger partial charge is 0.274 e. The van der Waals surface area contributed by atoms with Gasteiger partial charge in [0.05, 0.1) is 23.5 Å². The van der Waals surface area contributed by atoms with Crippen molar-refractivity contribution in [1.82, 2.24) is 15.5 Å². The number of aliphatic hydroxyl groups excluding tert-OH is 1. The van der Waals surface area contributed by atoms with Gasteiger partial charge in [-0.15, -0.1) is 0 Å². The molecule has 1 saturated heterocycles. The third kappa shape index (κ3) is 2.32. The molecule has 1 aliphatic heterocycles. The zero-order valence-electron chi connectivity index (χ0n) is 10.3. The monoisotopic (exact) mass is 254 g/mol. The Morgan fingerprint density at radius 3 is 2.78 bits per heavy atom. The minimum atomic E-state index is -0.630. The van der Waals surface area contributed by atoms with Crippen molar-refractivity contribution < 1.29 is 14.6 Å². The Kier molecular flexibility index (Phi) is 3.53. The van der Waals surface area contributed by atoms with Crippen LogP contribution in [0.4, 0.5) is 5.69 Å². The van der Waals surface area contributed by atoms with E-state index >= 15 is 0 Å². The van der Waals surface area contributed by atoms with E-state index in [0.717, 1.165) is 0 Å². The molecule has 7 heteroatoms. The van der Waals surface area contributed by atoms with Crippen molar-refractivity contribution in [1.29, 1.82) is 0 Å². The molecule has 7 nitrogen and oxygen atoms in total. The van der Waals surface area contributed by atoms with Gasteiger partial charge in [0.15, 0.2) is 5.69 Å². The number of rotatable bonds is 3. The van der Waals surface area contributed by atoms with Gasteiger partial charge in [-0.2, -0.15) is 5.10 Å². The van der Waals surface area contributed by atoms with Crippen molar-refractivity contribution in [3.8, 4) is 0 Å². The second-order valence-electron chi connectivity index (χ2n) is 4.62. The van der Waals surface area contributed by atoms with Crippen LogP contribution in [0.15, 0.2) is 0 Å². The highest BCUT2D eigenvalue weighted by Gasteiger charge is 2.34. The van der Waals surface area contributed by atoms with E-state index in [1.807, 2.05) is 0 Å². The number of nitrogens with one attached hydrogen (secondary N) is 2. The van der Waals surface area contributed by atoms with Gasteiger partial charge < -0.3 is 20.9 Å². The molecule has 0 radical (unpaired) electrons. The molecule has 0 aromatic carbocycles. The Bertz CT molecular complexity index is 437. The van der Waals surface area contributed by atoms with Gasteiger partial charge in [-0.3, -0.25) is 9.89 Å². The highest BCUT2D eigenvalue weighted by atomic mass is 16.5. The zero-order chi connectivity index (χ0) is 13.2. The van der Waals surface area contributed by atoms with Gasteiger partial charge in [-0.25, -0.2) is 0 Å². The summed E-state index contributed by atoms with van der Waals surface area (Å²) in [5.41, 5.74) is 6.29. The van der Waals surface area contributed by atoms with E-state index in [0.29, 0.717) is 37.4 Å². The summed E-state index contributed by atoms with van der Waals surface area (Å²) in [6.07, 6.45) is 1.16. The number of anilines is 1. The molecule has 18 heavy (non-hydrogen) atoms. The SMILES string of the molecule is Cc1[nH]nc(C(=O)NC2(CO)CCOCC2)c1N. The molecule has 0 atom stereocenters. The van der Waals surface area contributed by atoms with Crippen LogP contribution in [-0.4, -0.2) is 46.6 Å². The van der Waals surface area contributed by atoms with Crippen LogP contribution in [0.25, 0.3) is 0 Å².